The monoisotopic (exact) mass is 314 g/mol. The SMILES string of the molecule is C=CCCc1ccccc1.[C-]#[O+].[C-]#[O+].[C-]#[O+].[Mo]. The summed E-state index contributed by atoms with van der Waals surface area (Å²) in [6.45, 7) is 17.2. The van der Waals surface area contributed by atoms with Crippen molar-refractivity contribution in [2.24, 2.45) is 0 Å². The van der Waals surface area contributed by atoms with Crippen molar-refractivity contribution in [2.45, 2.75) is 12.8 Å². The summed E-state index contributed by atoms with van der Waals surface area (Å²) in [5.74, 6) is 0. The van der Waals surface area contributed by atoms with Crippen LogP contribution in [0.4, 0.5) is 0 Å². The van der Waals surface area contributed by atoms with E-state index in [0.29, 0.717) is 0 Å². The maximum Gasteiger partial charge on any atom is 0 e. The Hall–Kier alpha value is -1.13. The molecule has 0 aliphatic heterocycles. The Morgan fingerprint density at radius 3 is 1.71 bits per heavy atom. The molecular weight excluding hydrogens is 300 g/mol. The van der Waals surface area contributed by atoms with E-state index >= 15 is 0 Å². The predicted octanol–water partition coefficient (Wildman–Crippen LogP) is 2.69. The molecule has 0 saturated heterocycles. The average molecular weight is 312 g/mol. The van der Waals surface area contributed by atoms with E-state index in [1.165, 1.54) is 5.56 Å². The minimum atomic E-state index is 0. The molecule has 1 aromatic rings. The van der Waals surface area contributed by atoms with Gasteiger partial charge >= 0.3 is 33.9 Å². The first-order valence-electron chi connectivity index (χ1n) is 4.19. The molecule has 4 heteroatoms. The van der Waals surface area contributed by atoms with Crippen LogP contribution in [0.3, 0.4) is 0 Å². The van der Waals surface area contributed by atoms with Crippen molar-refractivity contribution in [3.8, 4) is 0 Å². The normalized spacial score (nSPS) is 5.76. The van der Waals surface area contributed by atoms with Gasteiger partial charge in [-0.2, -0.15) is 0 Å². The van der Waals surface area contributed by atoms with E-state index in [1.54, 1.807) is 0 Å². The molecule has 0 amide bonds. The van der Waals surface area contributed by atoms with Gasteiger partial charge in [-0.05, 0) is 18.4 Å². The van der Waals surface area contributed by atoms with Crippen LogP contribution in [0.1, 0.15) is 12.0 Å². The first-order valence-corrected chi connectivity index (χ1v) is 4.19. The molecule has 17 heavy (non-hydrogen) atoms. The molecule has 1 rings (SSSR count). The van der Waals surface area contributed by atoms with Gasteiger partial charge in [-0.1, -0.05) is 36.4 Å². The van der Waals surface area contributed by atoms with Crippen molar-refractivity contribution in [1.29, 1.82) is 0 Å². The molecule has 0 bridgehead atoms. The molecule has 88 valence electrons. The largest absolute Gasteiger partial charge is 0 e. The summed E-state index contributed by atoms with van der Waals surface area (Å²) < 4.78 is 22.5. The molecule has 3 nitrogen and oxygen atoms in total. The number of hydrogen-bond acceptors (Lipinski definition) is 0. The molecule has 0 fully saturated rings. The maximum absolute atomic E-state index is 7.50. The molecule has 0 aliphatic carbocycles. The predicted molar refractivity (Wildman–Crippen MR) is 56.7 cm³/mol. The molecule has 0 aromatic heterocycles. The molecule has 0 radical (unpaired) electrons. The zero-order valence-electron chi connectivity index (χ0n) is 9.22. The summed E-state index contributed by atoms with van der Waals surface area (Å²) in [5, 5.41) is 0. The number of aryl methyl sites for hydroxylation is 1. The molecule has 0 atom stereocenters. The summed E-state index contributed by atoms with van der Waals surface area (Å²) in [5.41, 5.74) is 1.39. The van der Waals surface area contributed by atoms with E-state index in [0.717, 1.165) is 12.8 Å². The minimum absolute atomic E-state index is 0. The van der Waals surface area contributed by atoms with Gasteiger partial charge in [-0.3, -0.25) is 0 Å². The zero-order valence-corrected chi connectivity index (χ0v) is 11.2. The summed E-state index contributed by atoms with van der Waals surface area (Å²) in [6, 6.07) is 10.5. The first-order chi connectivity index (χ1) is 7.93. The third-order valence-corrected chi connectivity index (χ3v) is 1.48. The standard InChI is InChI=1S/C10H12.3CO.Mo/c1-2-3-7-10-8-5-4-6-9-10;3*1-2;/h2,4-6,8-9H,1,3,7H2;;;;. The Labute approximate surface area is 116 Å². The second kappa shape index (κ2) is 29.4. The second-order valence-electron chi connectivity index (χ2n) is 2.31. The first kappa shape index (κ1) is 24.9. The molecule has 0 saturated carbocycles. The Balaban J connectivity index is -0.000000106. The van der Waals surface area contributed by atoms with Crippen LogP contribution < -0.4 is 0 Å². The Morgan fingerprint density at radius 1 is 0.941 bits per heavy atom. The van der Waals surface area contributed by atoms with Gasteiger partial charge in [0.2, 0.25) is 0 Å². The summed E-state index contributed by atoms with van der Waals surface area (Å²) in [4.78, 5) is 0. The summed E-state index contributed by atoms with van der Waals surface area (Å²) >= 11 is 0. The van der Waals surface area contributed by atoms with E-state index in [1.807, 2.05) is 12.1 Å². The molecule has 0 N–H and O–H groups in total. The van der Waals surface area contributed by atoms with E-state index in [-0.39, 0.29) is 21.1 Å². The van der Waals surface area contributed by atoms with Crippen molar-refractivity contribution in [1.82, 2.24) is 0 Å². The molecule has 0 spiro atoms. The van der Waals surface area contributed by atoms with Crippen molar-refractivity contribution >= 4 is 0 Å². The van der Waals surface area contributed by atoms with Crippen molar-refractivity contribution in [3.63, 3.8) is 0 Å². The van der Waals surface area contributed by atoms with E-state index < -0.39 is 0 Å². The van der Waals surface area contributed by atoms with Crippen molar-refractivity contribution < 1.29 is 35.0 Å². The molecule has 1 aromatic carbocycles. The quantitative estimate of drug-likeness (QED) is 0.357. The van der Waals surface area contributed by atoms with Crippen molar-refractivity contribution in [3.05, 3.63) is 68.5 Å². The Bertz CT molecular complexity index is 287. The fraction of sp³-hybridized carbons (Fsp3) is 0.154. The zero-order chi connectivity index (χ0) is 13.2. The van der Waals surface area contributed by atoms with Gasteiger partial charge in [0, 0.05) is 21.1 Å². The van der Waals surface area contributed by atoms with Gasteiger partial charge < -0.3 is 0 Å². The third kappa shape index (κ3) is 20.8. The molecule has 0 unspecified atom stereocenters. The van der Waals surface area contributed by atoms with Crippen LogP contribution in [0, 0.1) is 20.0 Å². The van der Waals surface area contributed by atoms with Crippen LogP contribution in [-0.2, 0) is 41.4 Å². The Kier molecular flexibility index (Phi) is 43.0. The van der Waals surface area contributed by atoms with Crippen molar-refractivity contribution in [2.75, 3.05) is 0 Å². The van der Waals surface area contributed by atoms with E-state index in [4.69, 9.17) is 14.0 Å². The third-order valence-electron chi connectivity index (χ3n) is 1.48. The second-order valence-corrected chi connectivity index (χ2v) is 2.31. The van der Waals surface area contributed by atoms with Crippen LogP contribution in [0.25, 0.3) is 0 Å². The van der Waals surface area contributed by atoms with Crippen LogP contribution in [0.2, 0.25) is 0 Å². The number of allylic oxidation sites excluding steroid dienone is 1. The van der Waals surface area contributed by atoms with Crippen LogP contribution in [-0.4, -0.2) is 0 Å². The summed E-state index contributed by atoms with van der Waals surface area (Å²) in [6.07, 6.45) is 4.14. The van der Waals surface area contributed by atoms with Crippen LogP contribution in [0.15, 0.2) is 43.0 Å². The Morgan fingerprint density at radius 2 is 1.35 bits per heavy atom. The number of hydrogen-bond donors (Lipinski definition) is 0. The van der Waals surface area contributed by atoms with Crippen LogP contribution in [0.5, 0.6) is 0 Å². The average Bonchev–Trinajstić information content (AvgIpc) is 2.44. The fourth-order valence-corrected chi connectivity index (χ4v) is 0.913. The number of rotatable bonds is 3. The maximum atomic E-state index is 7.50. The van der Waals surface area contributed by atoms with Gasteiger partial charge in [0.05, 0.1) is 0 Å². The van der Waals surface area contributed by atoms with E-state index in [2.05, 4.69) is 50.8 Å². The van der Waals surface area contributed by atoms with Gasteiger partial charge in [0.15, 0.2) is 0 Å². The van der Waals surface area contributed by atoms with Gasteiger partial charge in [-0.25, -0.2) is 0 Å². The molecular formula is C13H12MoO3. The van der Waals surface area contributed by atoms with E-state index in [9.17, 15) is 0 Å². The minimum Gasteiger partial charge on any atom is 0 e. The van der Waals surface area contributed by atoms with Gasteiger partial charge in [0.25, 0.3) is 0 Å². The van der Waals surface area contributed by atoms with Crippen LogP contribution >= 0.6 is 0 Å². The number of benzene rings is 1. The summed E-state index contributed by atoms with van der Waals surface area (Å²) in [7, 11) is 0. The fourth-order valence-electron chi connectivity index (χ4n) is 0.913. The smallest absolute Gasteiger partial charge is 0 e. The topological polar surface area (TPSA) is 59.7 Å². The van der Waals surface area contributed by atoms with Gasteiger partial charge in [0.1, 0.15) is 0 Å². The molecule has 0 aliphatic rings. The molecule has 0 heterocycles. The van der Waals surface area contributed by atoms with Gasteiger partial charge in [-0.15, -0.1) is 6.58 Å².